The molecular weight excluding hydrogens is 238 g/mol. The topological polar surface area (TPSA) is 75.1 Å². The molecule has 88 valence electrons. The number of hydrogen-bond acceptors (Lipinski definition) is 4. The number of aromatic amines is 1. The van der Waals surface area contributed by atoms with Crippen LogP contribution >= 0.6 is 12.2 Å². The van der Waals surface area contributed by atoms with E-state index in [9.17, 15) is 4.79 Å². The fourth-order valence-electron chi connectivity index (χ4n) is 1.61. The molecule has 1 saturated carbocycles. The average Bonchev–Trinajstić information content (AvgIpc) is 2.94. The minimum atomic E-state index is -0.191. The molecule has 0 aromatic carbocycles. The Labute approximate surface area is 102 Å². The molecule has 0 bridgehead atoms. The van der Waals surface area contributed by atoms with E-state index in [-0.39, 0.29) is 11.7 Å². The summed E-state index contributed by atoms with van der Waals surface area (Å²) in [7, 11) is 0. The molecule has 0 atom stereocenters. The molecule has 2 aromatic rings. The molecule has 2 heterocycles. The largest absolute Gasteiger partial charge is 0.347 e. The summed E-state index contributed by atoms with van der Waals surface area (Å²) < 4.78 is 2.13. The van der Waals surface area contributed by atoms with Gasteiger partial charge in [-0.1, -0.05) is 12.2 Å². The van der Waals surface area contributed by atoms with Crippen molar-refractivity contribution in [3.63, 3.8) is 0 Å². The van der Waals surface area contributed by atoms with Gasteiger partial charge < -0.3 is 5.32 Å². The Balaban J connectivity index is 2.03. The highest BCUT2D eigenvalue weighted by Gasteiger charge is 2.25. The van der Waals surface area contributed by atoms with E-state index in [4.69, 9.17) is 12.2 Å². The van der Waals surface area contributed by atoms with Crippen LogP contribution in [0, 0.1) is 11.6 Å². The molecule has 17 heavy (non-hydrogen) atoms. The van der Waals surface area contributed by atoms with Crippen molar-refractivity contribution in [2.45, 2.75) is 25.8 Å². The Morgan fingerprint density at radius 2 is 2.35 bits per heavy atom. The minimum absolute atomic E-state index is 0.191. The Morgan fingerprint density at radius 3 is 3.06 bits per heavy atom. The zero-order chi connectivity index (χ0) is 12.0. The molecule has 1 aliphatic rings. The maximum absolute atomic E-state index is 11.8. The van der Waals surface area contributed by atoms with Crippen molar-refractivity contribution in [3.8, 4) is 0 Å². The van der Waals surface area contributed by atoms with Crippen LogP contribution in [0.15, 0.2) is 6.07 Å². The average molecular weight is 249 g/mol. The molecule has 6 nitrogen and oxygen atoms in total. The number of carbonyl (C=O) groups is 1. The van der Waals surface area contributed by atoms with E-state index >= 15 is 0 Å². The number of amides is 1. The molecule has 3 rings (SSSR count). The van der Waals surface area contributed by atoms with Crippen molar-refractivity contribution in [1.82, 2.24) is 24.9 Å². The Kier molecular flexibility index (Phi) is 2.22. The molecule has 7 heteroatoms. The Morgan fingerprint density at radius 1 is 1.59 bits per heavy atom. The van der Waals surface area contributed by atoms with Crippen molar-refractivity contribution in [3.05, 3.63) is 22.2 Å². The van der Waals surface area contributed by atoms with Gasteiger partial charge in [0, 0.05) is 11.7 Å². The van der Waals surface area contributed by atoms with Crippen LogP contribution in [0.4, 0.5) is 0 Å². The van der Waals surface area contributed by atoms with E-state index in [1.807, 2.05) is 6.92 Å². The zero-order valence-corrected chi connectivity index (χ0v) is 10.0. The molecule has 0 saturated heterocycles. The third-order valence-corrected chi connectivity index (χ3v) is 2.86. The van der Waals surface area contributed by atoms with Gasteiger partial charge in [0.15, 0.2) is 0 Å². The van der Waals surface area contributed by atoms with Crippen molar-refractivity contribution in [1.29, 1.82) is 0 Å². The van der Waals surface area contributed by atoms with E-state index in [2.05, 4.69) is 20.4 Å². The number of rotatable bonds is 2. The molecule has 2 aromatic heterocycles. The van der Waals surface area contributed by atoms with Gasteiger partial charge in [0.1, 0.15) is 4.64 Å². The predicted molar refractivity (Wildman–Crippen MR) is 63.4 cm³/mol. The molecule has 1 amide bonds. The van der Waals surface area contributed by atoms with E-state index in [1.165, 1.54) is 0 Å². The van der Waals surface area contributed by atoms with Gasteiger partial charge >= 0.3 is 0 Å². The molecule has 0 radical (unpaired) electrons. The van der Waals surface area contributed by atoms with Crippen LogP contribution in [0.2, 0.25) is 0 Å². The van der Waals surface area contributed by atoms with Gasteiger partial charge in [0.25, 0.3) is 11.7 Å². The van der Waals surface area contributed by atoms with E-state index in [0.717, 1.165) is 18.5 Å². The number of hydrogen-bond donors (Lipinski definition) is 2. The molecule has 2 N–H and O–H groups in total. The summed E-state index contributed by atoms with van der Waals surface area (Å²) in [5.74, 6) is 0.507. The summed E-state index contributed by atoms with van der Waals surface area (Å²) in [6.07, 6.45) is 2.10. The molecule has 1 fully saturated rings. The van der Waals surface area contributed by atoms with Gasteiger partial charge in [-0.05, 0) is 25.8 Å². The summed E-state index contributed by atoms with van der Waals surface area (Å²) in [6.45, 7) is 1.88. The van der Waals surface area contributed by atoms with Crippen LogP contribution < -0.4 is 5.32 Å². The number of aryl methyl sites for hydroxylation is 1. The third kappa shape index (κ3) is 1.93. The first-order valence-electron chi connectivity index (χ1n) is 5.41. The van der Waals surface area contributed by atoms with Crippen molar-refractivity contribution < 1.29 is 4.79 Å². The summed E-state index contributed by atoms with van der Waals surface area (Å²) in [5, 5.41) is 5.77. The number of nitrogens with zero attached hydrogens (tertiary/aromatic N) is 3. The molecule has 0 spiro atoms. The Hall–Kier alpha value is -1.76. The fourth-order valence-corrected chi connectivity index (χ4v) is 1.86. The van der Waals surface area contributed by atoms with Crippen LogP contribution in [0.25, 0.3) is 5.78 Å². The second-order valence-corrected chi connectivity index (χ2v) is 4.61. The van der Waals surface area contributed by atoms with Gasteiger partial charge in [0.05, 0.1) is 0 Å². The molecule has 1 aliphatic carbocycles. The van der Waals surface area contributed by atoms with E-state index in [1.54, 1.807) is 10.6 Å². The lowest BCUT2D eigenvalue weighted by Gasteiger charge is -1.98. The smallest absolute Gasteiger partial charge is 0.288 e. The SMILES string of the molecule is Cc1cc(=S)nc2nc(C(=O)NC3CC3)[nH]n12. The van der Waals surface area contributed by atoms with Gasteiger partial charge in [-0.25, -0.2) is 4.52 Å². The van der Waals surface area contributed by atoms with Crippen molar-refractivity contribution in [2.75, 3.05) is 0 Å². The number of H-pyrrole nitrogens is 1. The summed E-state index contributed by atoms with van der Waals surface area (Å²) in [6, 6.07) is 2.06. The predicted octanol–water partition coefficient (Wildman–Crippen LogP) is 0.988. The molecule has 0 unspecified atom stereocenters. The highest BCUT2D eigenvalue weighted by Crippen LogP contribution is 2.18. The van der Waals surface area contributed by atoms with Crippen LogP contribution in [-0.4, -0.2) is 31.5 Å². The third-order valence-electron chi connectivity index (χ3n) is 2.65. The van der Waals surface area contributed by atoms with E-state index < -0.39 is 0 Å². The lowest BCUT2D eigenvalue weighted by atomic mass is 10.5. The lowest BCUT2D eigenvalue weighted by Crippen LogP contribution is -2.26. The van der Waals surface area contributed by atoms with E-state index in [0.29, 0.717) is 16.5 Å². The number of aromatic nitrogens is 4. The first-order valence-corrected chi connectivity index (χ1v) is 5.81. The maximum Gasteiger partial charge on any atom is 0.288 e. The maximum atomic E-state index is 11.8. The summed E-state index contributed by atoms with van der Waals surface area (Å²) in [5.41, 5.74) is 0.873. The second kappa shape index (κ2) is 3.63. The molecular formula is C10H11N5OS. The zero-order valence-electron chi connectivity index (χ0n) is 9.23. The van der Waals surface area contributed by atoms with Crippen LogP contribution in [-0.2, 0) is 0 Å². The van der Waals surface area contributed by atoms with Gasteiger partial charge in [0.2, 0.25) is 5.82 Å². The van der Waals surface area contributed by atoms with Crippen molar-refractivity contribution >= 4 is 23.9 Å². The summed E-state index contributed by atoms with van der Waals surface area (Å²) >= 11 is 5.00. The first-order chi connectivity index (χ1) is 8.13. The number of carbonyl (C=O) groups excluding carboxylic acids is 1. The second-order valence-electron chi connectivity index (χ2n) is 4.19. The van der Waals surface area contributed by atoms with Crippen LogP contribution in [0.5, 0.6) is 0 Å². The van der Waals surface area contributed by atoms with Gasteiger partial charge in [-0.2, -0.15) is 9.97 Å². The number of fused-ring (bicyclic) bond motifs is 1. The standard InChI is InChI=1S/C10H11N5OS/c1-5-4-7(17)12-10-13-8(14-15(5)10)9(16)11-6-2-3-6/h4,6H,2-3H2,1H3,(H,11,16)(H,12,13,14,17). The molecule has 0 aliphatic heterocycles. The summed E-state index contributed by atoms with van der Waals surface area (Å²) in [4.78, 5) is 20.0. The quantitative estimate of drug-likeness (QED) is 0.778. The highest BCUT2D eigenvalue weighted by atomic mass is 32.1. The van der Waals surface area contributed by atoms with Crippen molar-refractivity contribution in [2.24, 2.45) is 0 Å². The van der Waals surface area contributed by atoms with Gasteiger partial charge in [-0.3, -0.25) is 9.89 Å². The minimum Gasteiger partial charge on any atom is -0.347 e. The van der Waals surface area contributed by atoms with Crippen LogP contribution in [0.3, 0.4) is 0 Å². The van der Waals surface area contributed by atoms with Crippen LogP contribution in [0.1, 0.15) is 29.2 Å². The Bertz CT molecular complexity index is 654. The van der Waals surface area contributed by atoms with Gasteiger partial charge in [-0.15, -0.1) is 0 Å². The monoisotopic (exact) mass is 249 g/mol. The first kappa shape index (κ1) is 10.4. The number of nitrogens with one attached hydrogen (secondary N) is 2. The normalized spacial score (nSPS) is 15.1. The highest BCUT2D eigenvalue weighted by molar-refractivity contribution is 7.71. The lowest BCUT2D eigenvalue weighted by molar-refractivity contribution is 0.0941. The fraction of sp³-hybridized carbons (Fsp3) is 0.400.